The zero-order valence-corrected chi connectivity index (χ0v) is 16.1. The summed E-state index contributed by atoms with van der Waals surface area (Å²) in [6.07, 6.45) is 1.90. The molecule has 2 N–H and O–H groups in total. The number of nitriles is 1. The standard InChI is InChI=1S/C20H18ClFN4O3/c1-13(26-20(28)12-29-16-5-6-17(21)18(22)8-16)2-7-19(27)25-11-14-3-4-15(9-23)24-10-14/h3-6,8,10H,1-2,7,11-12H2,(H,25,27)(H,26,28). The zero-order valence-electron chi connectivity index (χ0n) is 15.4. The molecule has 2 aromatic rings. The Hall–Kier alpha value is -3.44. The molecule has 1 heterocycles. The summed E-state index contributed by atoms with van der Waals surface area (Å²) < 4.78 is 18.5. The van der Waals surface area contributed by atoms with E-state index in [0.717, 1.165) is 11.6 Å². The van der Waals surface area contributed by atoms with Crippen molar-refractivity contribution < 1.29 is 18.7 Å². The molecule has 29 heavy (non-hydrogen) atoms. The molecule has 0 atom stereocenters. The van der Waals surface area contributed by atoms with Crippen molar-refractivity contribution in [2.24, 2.45) is 0 Å². The minimum atomic E-state index is -0.642. The second-order valence-electron chi connectivity index (χ2n) is 5.96. The van der Waals surface area contributed by atoms with Gasteiger partial charge in [-0.25, -0.2) is 9.37 Å². The third-order valence-corrected chi connectivity index (χ3v) is 3.97. The topological polar surface area (TPSA) is 104 Å². The molecule has 0 aliphatic rings. The third kappa shape index (κ3) is 7.60. The number of pyridine rings is 1. The molecule has 1 aromatic carbocycles. The van der Waals surface area contributed by atoms with Gasteiger partial charge in [-0.2, -0.15) is 5.26 Å². The number of benzene rings is 1. The van der Waals surface area contributed by atoms with Crippen LogP contribution in [-0.2, 0) is 16.1 Å². The molecular weight excluding hydrogens is 399 g/mol. The largest absolute Gasteiger partial charge is 0.484 e. The number of amides is 2. The number of hydrogen-bond donors (Lipinski definition) is 2. The van der Waals surface area contributed by atoms with Crippen LogP contribution in [0.1, 0.15) is 24.1 Å². The Morgan fingerprint density at radius 1 is 1.24 bits per heavy atom. The van der Waals surface area contributed by atoms with Crippen LogP contribution in [0.5, 0.6) is 5.75 Å². The van der Waals surface area contributed by atoms with Gasteiger partial charge in [0.1, 0.15) is 23.3 Å². The molecule has 0 saturated heterocycles. The van der Waals surface area contributed by atoms with Gasteiger partial charge in [-0.15, -0.1) is 0 Å². The Bertz CT molecular complexity index is 942. The smallest absolute Gasteiger partial charge is 0.262 e. The average molecular weight is 417 g/mol. The maximum Gasteiger partial charge on any atom is 0.262 e. The predicted octanol–water partition coefficient (Wildman–Crippen LogP) is 2.85. The maximum absolute atomic E-state index is 13.3. The van der Waals surface area contributed by atoms with E-state index in [1.807, 2.05) is 6.07 Å². The highest BCUT2D eigenvalue weighted by Crippen LogP contribution is 2.20. The Labute approximate surface area is 172 Å². The maximum atomic E-state index is 13.3. The van der Waals surface area contributed by atoms with Crippen molar-refractivity contribution in [3.05, 3.63) is 70.9 Å². The predicted molar refractivity (Wildman–Crippen MR) is 104 cm³/mol. The average Bonchev–Trinajstić information content (AvgIpc) is 2.72. The van der Waals surface area contributed by atoms with Gasteiger partial charge < -0.3 is 15.4 Å². The van der Waals surface area contributed by atoms with Crippen molar-refractivity contribution in [1.82, 2.24) is 15.6 Å². The van der Waals surface area contributed by atoms with Gasteiger partial charge in [0.05, 0.1) is 5.02 Å². The lowest BCUT2D eigenvalue weighted by atomic mass is 10.2. The minimum Gasteiger partial charge on any atom is -0.484 e. The number of ether oxygens (including phenoxy) is 1. The van der Waals surface area contributed by atoms with Crippen molar-refractivity contribution in [3.63, 3.8) is 0 Å². The van der Waals surface area contributed by atoms with Gasteiger partial charge in [0.25, 0.3) is 5.91 Å². The lowest BCUT2D eigenvalue weighted by Crippen LogP contribution is -2.29. The van der Waals surface area contributed by atoms with E-state index >= 15 is 0 Å². The van der Waals surface area contributed by atoms with Crippen molar-refractivity contribution in [2.75, 3.05) is 6.61 Å². The fraction of sp³-hybridized carbons (Fsp3) is 0.200. The third-order valence-electron chi connectivity index (χ3n) is 3.66. The normalized spacial score (nSPS) is 9.97. The van der Waals surface area contributed by atoms with Crippen molar-refractivity contribution in [2.45, 2.75) is 19.4 Å². The van der Waals surface area contributed by atoms with Crippen LogP contribution in [0.4, 0.5) is 4.39 Å². The van der Waals surface area contributed by atoms with Crippen LogP contribution < -0.4 is 15.4 Å². The molecule has 1 aromatic heterocycles. The molecule has 0 spiro atoms. The second-order valence-corrected chi connectivity index (χ2v) is 6.36. The van der Waals surface area contributed by atoms with Gasteiger partial charge in [-0.3, -0.25) is 9.59 Å². The molecule has 0 aliphatic heterocycles. The number of carbonyl (C=O) groups excluding carboxylic acids is 2. The van der Waals surface area contributed by atoms with Gasteiger partial charge in [-0.05, 0) is 30.2 Å². The molecule has 2 amide bonds. The Kier molecular flexibility index (Phi) is 8.12. The SMILES string of the molecule is C=C(CCC(=O)NCc1ccc(C#N)nc1)NC(=O)COc1ccc(Cl)c(F)c1. The van der Waals surface area contributed by atoms with Gasteiger partial charge in [-0.1, -0.05) is 24.2 Å². The molecule has 0 saturated carbocycles. The molecule has 2 rings (SSSR count). The van der Waals surface area contributed by atoms with E-state index in [9.17, 15) is 14.0 Å². The molecule has 0 unspecified atom stereocenters. The van der Waals surface area contributed by atoms with Gasteiger partial charge >= 0.3 is 0 Å². The van der Waals surface area contributed by atoms with E-state index in [-0.39, 0.29) is 42.7 Å². The molecule has 7 nitrogen and oxygen atoms in total. The van der Waals surface area contributed by atoms with Crippen LogP contribution in [0, 0.1) is 17.1 Å². The quantitative estimate of drug-likeness (QED) is 0.654. The van der Waals surface area contributed by atoms with E-state index in [4.69, 9.17) is 21.6 Å². The first-order chi connectivity index (χ1) is 13.9. The fourth-order valence-electron chi connectivity index (χ4n) is 2.16. The van der Waals surface area contributed by atoms with Crippen LogP contribution >= 0.6 is 11.6 Å². The van der Waals surface area contributed by atoms with Crippen molar-refractivity contribution in [1.29, 1.82) is 5.26 Å². The monoisotopic (exact) mass is 416 g/mol. The van der Waals surface area contributed by atoms with Crippen LogP contribution in [0.25, 0.3) is 0 Å². The van der Waals surface area contributed by atoms with Crippen LogP contribution in [0.3, 0.4) is 0 Å². The number of halogens is 2. The summed E-state index contributed by atoms with van der Waals surface area (Å²) in [6, 6.07) is 9.05. The number of allylic oxidation sites excluding steroid dienone is 1. The number of aromatic nitrogens is 1. The molecule has 150 valence electrons. The van der Waals surface area contributed by atoms with E-state index in [0.29, 0.717) is 11.4 Å². The summed E-state index contributed by atoms with van der Waals surface area (Å²) in [6.45, 7) is 3.64. The first-order valence-corrected chi connectivity index (χ1v) is 8.92. The molecule has 0 fully saturated rings. The first-order valence-electron chi connectivity index (χ1n) is 8.54. The summed E-state index contributed by atoms with van der Waals surface area (Å²) in [7, 11) is 0. The molecular formula is C20H18ClFN4O3. The highest BCUT2D eigenvalue weighted by atomic mass is 35.5. The lowest BCUT2D eigenvalue weighted by molar-refractivity contribution is -0.123. The van der Waals surface area contributed by atoms with E-state index < -0.39 is 11.7 Å². The summed E-state index contributed by atoms with van der Waals surface area (Å²) in [5, 5.41) is 13.9. The molecule has 9 heteroatoms. The van der Waals surface area contributed by atoms with E-state index in [2.05, 4.69) is 22.2 Å². The number of nitrogens with one attached hydrogen (secondary N) is 2. The summed E-state index contributed by atoms with van der Waals surface area (Å²) >= 11 is 5.57. The number of nitrogens with zero attached hydrogens (tertiary/aromatic N) is 2. The summed E-state index contributed by atoms with van der Waals surface area (Å²) in [4.78, 5) is 27.6. The lowest BCUT2D eigenvalue weighted by Gasteiger charge is -2.10. The number of hydrogen-bond acceptors (Lipinski definition) is 5. The van der Waals surface area contributed by atoms with Crippen LogP contribution in [0.15, 0.2) is 48.8 Å². The molecule has 0 aliphatic carbocycles. The Balaban J connectivity index is 1.65. The summed E-state index contributed by atoms with van der Waals surface area (Å²) in [5.41, 5.74) is 1.42. The van der Waals surface area contributed by atoms with Gasteiger partial charge in [0.2, 0.25) is 5.91 Å². The first kappa shape index (κ1) is 21.9. The zero-order chi connectivity index (χ0) is 21.2. The Morgan fingerprint density at radius 2 is 2.03 bits per heavy atom. The number of rotatable bonds is 9. The van der Waals surface area contributed by atoms with Gasteiger partial charge in [0, 0.05) is 30.9 Å². The van der Waals surface area contributed by atoms with E-state index in [1.165, 1.54) is 18.3 Å². The second kappa shape index (κ2) is 10.8. The highest BCUT2D eigenvalue weighted by Gasteiger charge is 2.09. The molecule has 0 radical (unpaired) electrons. The Morgan fingerprint density at radius 3 is 2.69 bits per heavy atom. The fourth-order valence-corrected chi connectivity index (χ4v) is 2.28. The highest BCUT2D eigenvalue weighted by molar-refractivity contribution is 6.30. The van der Waals surface area contributed by atoms with E-state index in [1.54, 1.807) is 12.1 Å². The van der Waals surface area contributed by atoms with Crippen LogP contribution in [0.2, 0.25) is 5.02 Å². The minimum absolute atomic E-state index is 0.0381. The van der Waals surface area contributed by atoms with Crippen molar-refractivity contribution in [3.8, 4) is 11.8 Å². The van der Waals surface area contributed by atoms with Crippen molar-refractivity contribution >= 4 is 23.4 Å². The summed E-state index contributed by atoms with van der Waals surface area (Å²) in [5.74, 6) is -1.17. The molecule has 0 bridgehead atoms. The van der Waals surface area contributed by atoms with Gasteiger partial charge in [0.15, 0.2) is 6.61 Å². The van der Waals surface area contributed by atoms with Crippen LogP contribution in [-0.4, -0.2) is 23.4 Å². The number of carbonyl (C=O) groups is 2.